The summed E-state index contributed by atoms with van der Waals surface area (Å²) in [6.07, 6.45) is 1.91. The molecule has 1 amide bonds. The van der Waals surface area contributed by atoms with Gasteiger partial charge in [-0.05, 0) is 34.5 Å². The Morgan fingerprint density at radius 1 is 0.926 bits per heavy atom. The van der Waals surface area contributed by atoms with Crippen LogP contribution in [0.2, 0.25) is 0 Å². The molecule has 0 aliphatic heterocycles. The van der Waals surface area contributed by atoms with E-state index in [0.717, 1.165) is 27.2 Å². The molecule has 1 aromatic heterocycles. The van der Waals surface area contributed by atoms with Gasteiger partial charge < -0.3 is 15.0 Å². The lowest BCUT2D eigenvalue weighted by Gasteiger charge is -2.07. The van der Waals surface area contributed by atoms with Gasteiger partial charge in [-0.1, -0.05) is 48.5 Å². The molecule has 5 heteroatoms. The predicted octanol–water partition coefficient (Wildman–Crippen LogP) is 4.05. The van der Waals surface area contributed by atoms with Crippen molar-refractivity contribution in [2.75, 3.05) is 11.9 Å². The van der Waals surface area contributed by atoms with Crippen molar-refractivity contribution in [3.8, 4) is 0 Å². The number of hydrogen-bond donors (Lipinski definition) is 2. The molecular formula is C22H18N2O3. The summed E-state index contributed by atoms with van der Waals surface area (Å²) in [6, 6.07) is 21.3. The number of para-hydroxylation sites is 1. The molecule has 2 N–H and O–H groups in total. The van der Waals surface area contributed by atoms with Crippen LogP contribution in [0.1, 0.15) is 5.56 Å². The molecule has 0 fully saturated rings. The molecule has 0 unspecified atom stereocenters. The van der Waals surface area contributed by atoms with Crippen LogP contribution >= 0.6 is 0 Å². The largest absolute Gasteiger partial charge is 0.455 e. The number of aromatic nitrogens is 1. The zero-order chi connectivity index (χ0) is 18.6. The van der Waals surface area contributed by atoms with Crippen molar-refractivity contribution in [1.82, 2.24) is 4.98 Å². The monoisotopic (exact) mass is 358 g/mol. The van der Waals surface area contributed by atoms with E-state index in [1.807, 2.05) is 66.7 Å². The van der Waals surface area contributed by atoms with Gasteiger partial charge in [-0.3, -0.25) is 9.59 Å². The van der Waals surface area contributed by atoms with Crippen molar-refractivity contribution in [1.29, 1.82) is 0 Å². The number of aromatic amines is 1. The van der Waals surface area contributed by atoms with Crippen LogP contribution in [0, 0.1) is 0 Å². The predicted molar refractivity (Wildman–Crippen MR) is 106 cm³/mol. The van der Waals surface area contributed by atoms with Gasteiger partial charge >= 0.3 is 5.97 Å². The highest BCUT2D eigenvalue weighted by atomic mass is 16.5. The maximum absolute atomic E-state index is 12.1. The standard InChI is InChI=1S/C22H18N2O3/c25-21(24-18-10-9-15-5-1-2-6-16(15)11-18)14-27-22(26)12-17-13-23-20-8-4-3-7-19(17)20/h1-11,13,23H,12,14H2,(H,24,25). The highest BCUT2D eigenvalue weighted by molar-refractivity contribution is 5.96. The van der Waals surface area contributed by atoms with Crippen molar-refractivity contribution in [2.45, 2.75) is 6.42 Å². The Hall–Kier alpha value is -3.60. The Morgan fingerprint density at radius 2 is 1.70 bits per heavy atom. The summed E-state index contributed by atoms with van der Waals surface area (Å²) in [7, 11) is 0. The third kappa shape index (κ3) is 3.82. The van der Waals surface area contributed by atoms with Crippen LogP contribution in [0.25, 0.3) is 21.7 Å². The number of nitrogens with one attached hydrogen (secondary N) is 2. The van der Waals surface area contributed by atoms with Gasteiger partial charge in [-0.15, -0.1) is 0 Å². The van der Waals surface area contributed by atoms with Crippen molar-refractivity contribution < 1.29 is 14.3 Å². The molecule has 0 saturated carbocycles. The third-order valence-electron chi connectivity index (χ3n) is 4.41. The molecule has 0 radical (unpaired) electrons. The summed E-state index contributed by atoms with van der Waals surface area (Å²) < 4.78 is 5.12. The number of anilines is 1. The van der Waals surface area contributed by atoms with E-state index in [2.05, 4.69) is 10.3 Å². The lowest BCUT2D eigenvalue weighted by molar-refractivity contribution is -0.146. The smallest absolute Gasteiger partial charge is 0.310 e. The van der Waals surface area contributed by atoms with Crippen LogP contribution in [0.3, 0.4) is 0 Å². The van der Waals surface area contributed by atoms with Crippen LogP contribution in [0.5, 0.6) is 0 Å². The number of benzene rings is 3. The summed E-state index contributed by atoms with van der Waals surface area (Å²) >= 11 is 0. The fourth-order valence-corrected chi connectivity index (χ4v) is 3.09. The van der Waals surface area contributed by atoms with E-state index >= 15 is 0 Å². The number of carbonyl (C=O) groups is 2. The van der Waals surface area contributed by atoms with E-state index in [1.165, 1.54) is 0 Å². The summed E-state index contributed by atoms with van der Waals surface area (Å²) in [5, 5.41) is 5.87. The molecule has 1 heterocycles. The second-order valence-electron chi connectivity index (χ2n) is 6.31. The van der Waals surface area contributed by atoms with Crippen LogP contribution in [0.4, 0.5) is 5.69 Å². The number of fused-ring (bicyclic) bond motifs is 2. The fourth-order valence-electron chi connectivity index (χ4n) is 3.09. The zero-order valence-corrected chi connectivity index (χ0v) is 14.6. The van der Waals surface area contributed by atoms with Gasteiger partial charge in [0.1, 0.15) is 0 Å². The van der Waals surface area contributed by atoms with E-state index in [-0.39, 0.29) is 18.9 Å². The summed E-state index contributed by atoms with van der Waals surface area (Å²) in [6.45, 7) is -0.311. The van der Waals surface area contributed by atoms with Gasteiger partial charge in [0.25, 0.3) is 5.91 Å². The maximum Gasteiger partial charge on any atom is 0.310 e. The van der Waals surface area contributed by atoms with Crippen LogP contribution < -0.4 is 5.32 Å². The molecule has 3 aromatic carbocycles. The Balaban J connectivity index is 1.33. The normalized spacial score (nSPS) is 10.8. The molecule has 4 rings (SSSR count). The van der Waals surface area contributed by atoms with Crippen molar-refractivity contribution in [3.63, 3.8) is 0 Å². The first-order valence-corrected chi connectivity index (χ1v) is 8.68. The van der Waals surface area contributed by atoms with Gasteiger partial charge in [-0.25, -0.2) is 0 Å². The average Bonchev–Trinajstić information content (AvgIpc) is 3.09. The van der Waals surface area contributed by atoms with E-state index in [0.29, 0.717) is 5.69 Å². The minimum Gasteiger partial charge on any atom is -0.455 e. The zero-order valence-electron chi connectivity index (χ0n) is 14.6. The molecule has 4 aromatic rings. The van der Waals surface area contributed by atoms with E-state index in [4.69, 9.17) is 4.74 Å². The second kappa shape index (κ2) is 7.33. The number of hydrogen-bond acceptors (Lipinski definition) is 3. The van der Waals surface area contributed by atoms with Crippen molar-refractivity contribution in [3.05, 3.63) is 78.5 Å². The van der Waals surface area contributed by atoms with Gasteiger partial charge in [0.05, 0.1) is 6.42 Å². The first-order chi connectivity index (χ1) is 13.2. The fraction of sp³-hybridized carbons (Fsp3) is 0.0909. The topological polar surface area (TPSA) is 71.2 Å². The molecule has 0 atom stereocenters. The molecule has 0 bridgehead atoms. The van der Waals surface area contributed by atoms with Gasteiger partial charge in [0.15, 0.2) is 6.61 Å². The number of carbonyl (C=O) groups excluding carboxylic acids is 2. The SMILES string of the molecule is O=C(COC(=O)Cc1c[nH]c2ccccc12)Nc1ccc2ccccc2c1. The lowest BCUT2D eigenvalue weighted by Crippen LogP contribution is -2.21. The van der Waals surface area contributed by atoms with E-state index < -0.39 is 5.97 Å². The third-order valence-corrected chi connectivity index (χ3v) is 4.41. The Bertz CT molecular complexity index is 1130. The Labute approximate surface area is 156 Å². The summed E-state index contributed by atoms with van der Waals surface area (Å²) in [5.74, 6) is -0.800. The highest BCUT2D eigenvalue weighted by Crippen LogP contribution is 2.19. The first-order valence-electron chi connectivity index (χ1n) is 8.68. The molecular weight excluding hydrogens is 340 g/mol. The van der Waals surface area contributed by atoms with Gasteiger partial charge in [-0.2, -0.15) is 0 Å². The maximum atomic E-state index is 12.1. The van der Waals surface area contributed by atoms with Gasteiger partial charge in [0.2, 0.25) is 0 Å². The number of esters is 1. The quantitative estimate of drug-likeness (QED) is 0.529. The summed E-state index contributed by atoms with van der Waals surface area (Å²) in [5.41, 5.74) is 2.49. The lowest BCUT2D eigenvalue weighted by atomic mass is 10.1. The van der Waals surface area contributed by atoms with Crippen molar-refractivity contribution in [2.24, 2.45) is 0 Å². The van der Waals surface area contributed by atoms with Crippen molar-refractivity contribution >= 4 is 39.2 Å². The van der Waals surface area contributed by atoms with Crippen LogP contribution in [-0.4, -0.2) is 23.5 Å². The molecule has 0 saturated heterocycles. The molecule has 0 aliphatic rings. The molecule has 27 heavy (non-hydrogen) atoms. The van der Waals surface area contributed by atoms with Crippen LogP contribution in [-0.2, 0) is 20.7 Å². The number of ether oxygens (including phenoxy) is 1. The van der Waals surface area contributed by atoms with E-state index in [1.54, 1.807) is 6.20 Å². The summed E-state index contributed by atoms with van der Waals surface area (Å²) in [4.78, 5) is 27.3. The second-order valence-corrected chi connectivity index (χ2v) is 6.31. The van der Waals surface area contributed by atoms with Gasteiger partial charge in [0, 0.05) is 22.8 Å². The molecule has 0 spiro atoms. The number of rotatable bonds is 5. The minimum atomic E-state index is -0.437. The Kier molecular flexibility index (Phi) is 4.58. The highest BCUT2D eigenvalue weighted by Gasteiger charge is 2.12. The number of H-pyrrole nitrogens is 1. The minimum absolute atomic E-state index is 0.118. The van der Waals surface area contributed by atoms with E-state index in [9.17, 15) is 9.59 Å². The average molecular weight is 358 g/mol. The van der Waals surface area contributed by atoms with Crippen LogP contribution in [0.15, 0.2) is 72.9 Å². The Morgan fingerprint density at radius 3 is 2.59 bits per heavy atom. The molecule has 5 nitrogen and oxygen atoms in total. The number of amides is 1. The molecule has 0 aliphatic carbocycles. The first kappa shape index (κ1) is 16.8. The molecule has 134 valence electrons.